The number of benzene rings is 1. The second-order valence-corrected chi connectivity index (χ2v) is 4.81. The van der Waals surface area contributed by atoms with Gasteiger partial charge in [-0.2, -0.15) is 0 Å². The van der Waals surface area contributed by atoms with Crippen molar-refractivity contribution in [1.82, 2.24) is 4.90 Å². The van der Waals surface area contributed by atoms with Gasteiger partial charge in [0.05, 0.1) is 13.0 Å². The van der Waals surface area contributed by atoms with E-state index < -0.39 is 24.2 Å². The van der Waals surface area contributed by atoms with Crippen molar-refractivity contribution < 1.29 is 18.3 Å². The van der Waals surface area contributed by atoms with Crippen molar-refractivity contribution in [2.75, 3.05) is 20.2 Å². The van der Waals surface area contributed by atoms with Gasteiger partial charge >= 0.3 is 5.97 Å². The Morgan fingerprint density at radius 1 is 1.37 bits per heavy atom. The van der Waals surface area contributed by atoms with Gasteiger partial charge in [0.1, 0.15) is 0 Å². The van der Waals surface area contributed by atoms with Gasteiger partial charge in [0.15, 0.2) is 0 Å². The fraction of sp³-hybridized carbons (Fsp3) is 0.500. The lowest BCUT2D eigenvalue weighted by atomic mass is 9.97. The van der Waals surface area contributed by atoms with E-state index in [1.165, 1.54) is 7.11 Å². The molecule has 1 aromatic carbocycles. The van der Waals surface area contributed by atoms with E-state index in [1.807, 2.05) is 35.2 Å². The summed E-state index contributed by atoms with van der Waals surface area (Å²) in [5.41, 5.74) is 1.06. The molecule has 2 rings (SSSR count). The van der Waals surface area contributed by atoms with Gasteiger partial charge in [-0.25, -0.2) is 8.78 Å². The highest BCUT2D eigenvalue weighted by molar-refractivity contribution is 5.73. The molecule has 1 fully saturated rings. The van der Waals surface area contributed by atoms with Crippen LogP contribution in [0.15, 0.2) is 30.3 Å². The minimum atomic E-state index is -2.50. The van der Waals surface area contributed by atoms with Crippen LogP contribution in [0.3, 0.4) is 0 Å². The van der Waals surface area contributed by atoms with Gasteiger partial charge in [-0.1, -0.05) is 30.3 Å². The Bertz CT molecular complexity index is 425. The highest BCUT2D eigenvalue weighted by Gasteiger charge is 2.43. The Kier molecular flexibility index (Phi) is 4.47. The lowest BCUT2D eigenvalue weighted by molar-refractivity contribution is -0.148. The molecule has 19 heavy (non-hydrogen) atoms. The maximum absolute atomic E-state index is 13.0. The Balaban J connectivity index is 2.03. The van der Waals surface area contributed by atoms with Crippen LogP contribution in [0.5, 0.6) is 0 Å². The van der Waals surface area contributed by atoms with E-state index in [4.69, 9.17) is 0 Å². The number of halogens is 2. The van der Waals surface area contributed by atoms with E-state index >= 15 is 0 Å². The van der Waals surface area contributed by atoms with Gasteiger partial charge in [0.2, 0.25) is 6.43 Å². The van der Waals surface area contributed by atoms with Gasteiger partial charge < -0.3 is 4.74 Å². The van der Waals surface area contributed by atoms with Crippen molar-refractivity contribution in [3.05, 3.63) is 35.9 Å². The maximum Gasteiger partial charge on any atom is 0.310 e. The van der Waals surface area contributed by atoms with Crippen LogP contribution in [0.25, 0.3) is 0 Å². The molecule has 0 unspecified atom stereocenters. The quantitative estimate of drug-likeness (QED) is 0.785. The fourth-order valence-corrected chi connectivity index (χ4v) is 2.54. The third kappa shape index (κ3) is 3.29. The van der Waals surface area contributed by atoms with Crippen molar-refractivity contribution in [1.29, 1.82) is 0 Å². The first-order valence-electron chi connectivity index (χ1n) is 6.24. The zero-order valence-electron chi connectivity index (χ0n) is 10.8. The molecule has 3 nitrogen and oxygen atoms in total. The van der Waals surface area contributed by atoms with Crippen LogP contribution in [-0.2, 0) is 16.1 Å². The molecule has 0 bridgehead atoms. The van der Waals surface area contributed by atoms with Gasteiger partial charge in [0.25, 0.3) is 0 Å². The minimum Gasteiger partial charge on any atom is -0.469 e. The molecule has 1 saturated heterocycles. The molecule has 2 atom stereocenters. The number of ether oxygens (including phenoxy) is 1. The van der Waals surface area contributed by atoms with Crippen LogP contribution in [0.2, 0.25) is 0 Å². The lowest BCUT2D eigenvalue weighted by Crippen LogP contribution is -2.28. The summed E-state index contributed by atoms with van der Waals surface area (Å²) < 4.78 is 30.5. The third-order valence-corrected chi connectivity index (χ3v) is 3.52. The van der Waals surface area contributed by atoms with Crippen LogP contribution < -0.4 is 0 Å². The number of nitrogens with zero attached hydrogens (tertiary/aromatic N) is 1. The van der Waals surface area contributed by atoms with Crippen molar-refractivity contribution in [2.24, 2.45) is 11.8 Å². The van der Waals surface area contributed by atoms with Gasteiger partial charge in [-0.15, -0.1) is 0 Å². The second-order valence-electron chi connectivity index (χ2n) is 4.81. The molecule has 1 aliphatic rings. The largest absolute Gasteiger partial charge is 0.469 e. The average molecular weight is 269 g/mol. The van der Waals surface area contributed by atoms with E-state index in [2.05, 4.69) is 4.74 Å². The zero-order chi connectivity index (χ0) is 13.8. The number of carbonyl (C=O) groups excluding carboxylic acids is 1. The van der Waals surface area contributed by atoms with Crippen LogP contribution in [-0.4, -0.2) is 37.5 Å². The van der Waals surface area contributed by atoms with E-state index in [0.29, 0.717) is 13.1 Å². The molecule has 0 aromatic heterocycles. The smallest absolute Gasteiger partial charge is 0.310 e. The van der Waals surface area contributed by atoms with E-state index in [1.54, 1.807) is 0 Å². The molecule has 0 radical (unpaired) electrons. The van der Waals surface area contributed by atoms with E-state index in [9.17, 15) is 13.6 Å². The lowest BCUT2D eigenvalue weighted by Gasteiger charge is -2.15. The Labute approximate surface area is 111 Å². The number of esters is 1. The molecule has 1 aromatic rings. The molecule has 0 N–H and O–H groups in total. The molecule has 0 saturated carbocycles. The number of hydrogen-bond acceptors (Lipinski definition) is 3. The normalized spacial score (nSPS) is 23.8. The van der Waals surface area contributed by atoms with Gasteiger partial charge in [-0.3, -0.25) is 9.69 Å². The van der Waals surface area contributed by atoms with Crippen LogP contribution in [0, 0.1) is 11.8 Å². The predicted molar refractivity (Wildman–Crippen MR) is 66.7 cm³/mol. The van der Waals surface area contributed by atoms with Crippen LogP contribution in [0.1, 0.15) is 5.56 Å². The molecule has 5 heteroatoms. The monoisotopic (exact) mass is 269 g/mol. The van der Waals surface area contributed by atoms with Crippen molar-refractivity contribution in [2.45, 2.75) is 13.0 Å². The van der Waals surface area contributed by atoms with Crippen LogP contribution in [0.4, 0.5) is 8.78 Å². The number of rotatable bonds is 4. The first-order chi connectivity index (χ1) is 9.11. The molecular formula is C14H17F2NO2. The standard InChI is InChI=1S/C14H17F2NO2/c1-19-14(18)12-9-17(8-11(12)13(15)16)7-10-5-3-2-4-6-10/h2-6,11-13H,7-9H2,1H3/t11-,12-/m1/s1. The Morgan fingerprint density at radius 2 is 2.05 bits per heavy atom. The molecule has 0 aliphatic carbocycles. The predicted octanol–water partition coefficient (Wildman–Crippen LogP) is 2.17. The number of hydrogen-bond donors (Lipinski definition) is 0. The Hall–Kier alpha value is -1.49. The molecular weight excluding hydrogens is 252 g/mol. The molecule has 1 aliphatic heterocycles. The van der Waals surface area contributed by atoms with Gasteiger partial charge in [0, 0.05) is 25.6 Å². The number of alkyl halides is 2. The second kappa shape index (κ2) is 6.10. The summed E-state index contributed by atoms with van der Waals surface area (Å²) in [6.45, 7) is 1.14. The van der Waals surface area contributed by atoms with Crippen molar-refractivity contribution >= 4 is 5.97 Å². The third-order valence-electron chi connectivity index (χ3n) is 3.52. The molecule has 104 valence electrons. The summed E-state index contributed by atoms with van der Waals surface area (Å²) in [6, 6.07) is 9.62. The first-order valence-corrected chi connectivity index (χ1v) is 6.24. The topological polar surface area (TPSA) is 29.5 Å². The molecule has 0 amide bonds. The van der Waals surface area contributed by atoms with Crippen molar-refractivity contribution in [3.8, 4) is 0 Å². The number of likely N-dealkylation sites (tertiary alicyclic amines) is 1. The minimum absolute atomic E-state index is 0.228. The van der Waals surface area contributed by atoms with Crippen molar-refractivity contribution in [3.63, 3.8) is 0 Å². The van der Waals surface area contributed by atoms with E-state index in [-0.39, 0.29) is 6.54 Å². The Morgan fingerprint density at radius 3 is 2.63 bits per heavy atom. The highest BCUT2D eigenvalue weighted by Crippen LogP contribution is 2.30. The first kappa shape index (κ1) is 13.9. The maximum atomic E-state index is 13.0. The summed E-state index contributed by atoms with van der Waals surface area (Å²) >= 11 is 0. The SMILES string of the molecule is COC(=O)[C@@H]1CN(Cc2ccccc2)C[C@H]1C(F)F. The fourth-order valence-electron chi connectivity index (χ4n) is 2.54. The highest BCUT2D eigenvalue weighted by atomic mass is 19.3. The number of carbonyl (C=O) groups is 1. The van der Waals surface area contributed by atoms with Gasteiger partial charge in [-0.05, 0) is 5.56 Å². The molecule has 1 heterocycles. The summed E-state index contributed by atoms with van der Waals surface area (Å²) in [6.07, 6.45) is -2.50. The summed E-state index contributed by atoms with van der Waals surface area (Å²) in [7, 11) is 1.24. The van der Waals surface area contributed by atoms with Crippen LogP contribution >= 0.6 is 0 Å². The number of methoxy groups -OCH3 is 1. The summed E-state index contributed by atoms with van der Waals surface area (Å²) in [4.78, 5) is 13.4. The summed E-state index contributed by atoms with van der Waals surface area (Å²) in [5, 5.41) is 0. The zero-order valence-corrected chi connectivity index (χ0v) is 10.8. The van der Waals surface area contributed by atoms with E-state index in [0.717, 1.165) is 5.56 Å². The summed E-state index contributed by atoms with van der Waals surface area (Å²) in [5.74, 6) is -2.20. The molecule has 0 spiro atoms. The average Bonchev–Trinajstić information content (AvgIpc) is 2.83.